The SMILES string of the molecule is Cc1cc(C)cc(Nc2nccc(C(=O)Nc3ccc(C)c(C)c3)n2)c1. The molecule has 0 aliphatic rings. The van der Waals surface area contributed by atoms with Gasteiger partial charge in [-0.3, -0.25) is 4.79 Å². The van der Waals surface area contributed by atoms with Crippen LogP contribution in [0.15, 0.2) is 48.7 Å². The highest BCUT2D eigenvalue weighted by atomic mass is 16.1. The minimum atomic E-state index is -0.265. The van der Waals surface area contributed by atoms with Crippen molar-refractivity contribution in [1.29, 1.82) is 0 Å². The van der Waals surface area contributed by atoms with Gasteiger partial charge >= 0.3 is 0 Å². The maximum absolute atomic E-state index is 12.5. The van der Waals surface area contributed by atoms with Crippen LogP contribution in [-0.4, -0.2) is 15.9 Å². The average molecular weight is 346 g/mol. The number of nitrogens with one attached hydrogen (secondary N) is 2. The third kappa shape index (κ3) is 4.25. The van der Waals surface area contributed by atoms with Crippen molar-refractivity contribution in [3.8, 4) is 0 Å². The van der Waals surface area contributed by atoms with Crippen molar-refractivity contribution >= 4 is 23.2 Å². The second kappa shape index (κ2) is 7.35. The molecule has 0 bridgehead atoms. The van der Waals surface area contributed by atoms with Gasteiger partial charge in [-0.05, 0) is 80.3 Å². The molecule has 26 heavy (non-hydrogen) atoms. The first-order valence-corrected chi connectivity index (χ1v) is 8.48. The highest BCUT2D eigenvalue weighted by Crippen LogP contribution is 2.18. The first-order chi connectivity index (χ1) is 12.4. The molecule has 5 heteroatoms. The van der Waals surface area contributed by atoms with Crippen molar-refractivity contribution in [1.82, 2.24) is 9.97 Å². The summed E-state index contributed by atoms with van der Waals surface area (Å²) in [6.45, 7) is 8.12. The Balaban J connectivity index is 1.77. The summed E-state index contributed by atoms with van der Waals surface area (Å²) in [6, 6.07) is 13.5. The molecule has 0 saturated carbocycles. The summed E-state index contributed by atoms with van der Waals surface area (Å²) in [5.74, 6) is 0.127. The molecule has 0 fully saturated rings. The zero-order valence-electron chi connectivity index (χ0n) is 15.4. The van der Waals surface area contributed by atoms with Gasteiger partial charge in [0.25, 0.3) is 5.91 Å². The van der Waals surface area contributed by atoms with E-state index in [1.54, 1.807) is 12.3 Å². The number of nitrogens with zero attached hydrogens (tertiary/aromatic N) is 2. The van der Waals surface area contributed by atoms with E-state index in [1.165, 1.54) is 5.56 Å². The standard InChI is InChI=1S/C21H22N4O/c1-13-9-14(2)11-18(10-13)24-21-22-8-7-19(25-21)20(26)23-17-6-5-15(3)16(4)12-17/h5-12H,1-4H3,(H,23,26)(H,22,24,25). The van der Waals surface area contributed by atoms with Crippen molar-refractivity contribution in [2.24, 2.45) is 0 Å². The van der Waals surface area contributed by atoms with E-state index >= 15 is 0 Å². The van der Waals surface area contributed by atoms with Crippen LogP contribution < -0.4 is 10.6 Å². The number of carbonyl (C=O) groups is 1. The van der Waals surface area contributed by atoms with Gasteiger partial charge < -0.3 is 10.6 Å². The molecule has 1 aromatic heterocycles. The Morgan fingerprint density at radius 2 is 1.58 bits per heavy atom. The predicted octanol–water partition coefficient (Wildman–Crippen LogP) is 4.71. The highest BCUT2D eigenvalue weighted by Gasteiger charge is 2.10. The molecule has 0 spiro atoms. The summed E-state index contributed by atoms with van der Waals surface area (Å²) in [7, 11) is 0. The summed E-state index contributed by atoms with van der Waals surface area (Å²) >= 11 is 0. The van der Waals surface area contributed by atoms with E-state index in [4.69, 9.17) is 0 Å². The Morgan fingerprint density at radius 1 is 0.846 bits per heavy atom. The second-order valence-electron chi connectivity index (χ2n) is 6.52. The van der Waals surface area contributed by atoms with Gasteiger partial charge in [-0.2, -0.15) is 0 Å². The number of amides is 1. The largest absolute Gasteiger partial charge is 0.324 e. The van der Waals surface area contributed by atoms with E-state index in [0.717, 1.165) is 28.1 Å². The summed E-state index contributed by atoms with van der Waals surface area (Å²) in [5, 5.41) is 6.04. The van der Waals surface area contributed by atoms with Crippen molar-refractivity contribution in [3.63, 3.8) is 0 Å². The lowest BCUT2D eigenvalue weighted by Crippen LogP contribution is -2.15. The summed E-state index contributed by atoms with van der Waals surface area (Å²) in [5.41, 5.74) is 6.57. The second-order valence-corrected chi connectivity index (χ2v) is 6.52. The fourth-order valence-corrected chi connectivity index (χ4v) is 2.74. The number of aryl methyl sites for hydroxylation is 4. The highest BCUT2D eigenvalue weighted by molar-refractivity contribution is 6.03. The molecule has 0 aliphatic heterocycles. The lowest BCUT2D eigenvalue weighted by molar-refractivity contribution is 0.102. The molecule has 1 amide bonds. The van der Waals surface area contributed by atoms with Crippen molar-refractivity contribution in [2.45, 2.75) is 27.7 Å². The van der Waals surface area contributed by atoms with Crippen LogP contribution in [0.25, 0.3) is 0 Å². The molecule has 0 saturated heterocycles. The van der Waals surface area contributed by atoms with Crippen LogP contribution >= 0.6 is 0 Å². The topological polar surface area (TPSA) is 66.9 Å². The Morgan fingerprint density at radius 3 is 2.27 bits per heavy atom. The number of benzene rings is 2. The lowest BCUT2D eigenvalue weighted by Gasteiger charge is -2.09. The number of aromatic nitrogens is 2. The number of hydrogen-bond acceptors (Lipinski definition) is 4. The maximum Gasteiger partial charge on any atom is 0.274 e. The molecule has 0 unspecified atom stereocenters. The minimum absolute atomic E-state index is 0.265. The van der Waals surface area contributed by atoms with E-state index in [-0.39, 0.29) is 5.91 Å². The van der Waals surface area contributed by atoms with Crippen molar-refractivity contribution in [3.05, 3.63) is 76.6 Å². The molecular formula is C21H22N4O. The van der Waals surface area contributed by atoms with Gasteiger partial charge in [0.2, 0.25) is 5.95 Å². The van der Waals surface area contributed by atoms with E-state index in [2.05, 4.69) is 26.7 Å². The molecular weight excluding hydrogens is 324 g/mol. The Labute approximate surface area is 153 Å². The number of rotatable bonds is 4. The summed E-state index contributed by atoms with van der Waals surface area (Å²) in [4.78, 5) is 21.0. The Hall–Kier alpha value is -3.21. The molecule has 132 valence electrons. The van der Waals surface area contributed by atoms with Crippen LogP contribution in [0, 0.1) is 27.7 Å². The zero-order valence-corrected chi connectivity index (χ0v) is 15.4. The summed E-state index contributed by atoms with van der Waals surface area (Å²) < 4.78 is 0. The first kappa shape index (κ1) is 17.6. The van der Waals surface area contributed by atoms with Gasteiger partial charge in [-0.25, -0.2) is 9.97 Å². The zero-order chi connectivity index (χ0) is 18.7. The molecule has 0 atom stereocenters. The smallest absolute Gasteiger partial charge is 0.274 e. The van der Waals surface area contributed by atoms with E-state index in [9.17, 15) is 4.79 Å². The molecule has 0 aliphatic carbocycles. The quantitative estimate of drug-likeness (QED) is 0.718. The summed E-state index contributed by atoms with van der Waals surface area (Å²) in [6.07, 6.45) is 1.58. The van der Waals surface area contributed by atoms with Crippen LogP contribution in [-0.2, 0) is 0 Å². The molecule has 0 radical (unpaired) electrons. The molecule has 5 nitrogen and oxygen atoms in total. The normalized spacial score (nSPS) is 10.5. The van der Waals surface area contributed by atoms with Crippen LogP contribution in [0.3, 0.4) is 0 Å². The van der Waals surface area contributed by atoms with Gasteiger partial charge in [0, 0.05) is 17.6 Å². The fourth-order valence-electron chi connectivity index (χ4n) is 2.74. The van der Waals surface area contributed by atoms with Crippen LogP contribution in [0.2, 0.25) is 0 Å². The van der Waals surface area contributed by atoms with E-state index in [0.29, 0.717) is 11.6 Å². The monoisotopic (exact) mass is 346 g/mol. The Kier molecular flexibility index (Phi) is 4.98. The Bertz CT molecular complexity index is 946. The number of carbonyl (C=O) groups excluding carboxylic acids is 1. The third-order valence-corrected chi connectivity index (χ3v) is 4.13. The average Bonchev–Trinajstić information content (AvgIpc) is 2.57. The van der Waals surface area contributed by atoms with E-state index < -0.39 is 0 Å². The van der Waals surface area contributed by atoms with Gasteiger partial charge in [0.15, 0.2) is 0 Å². The molecule has 2 N–H and O–H groups in total. The lowest BCUT2D eigenvalue weighted by atomic mass is 10.1. The molecule has 2 aromatic carbocycles. The van der Waals surface area contributed by atoms with Gasteiger partial charge in [0.05, 0.1) is 0 Å². The minimum Gasteiger partial charge on any atom is -0.324 e. The first-order valence-electron chi connectivity index (χ1n) is 8.48. The molecule has 3 rings (SSSR count). The third-order valence-electron chi connectivity index (χ3n) is 4.13. The van der Waals surface area contributed by atoms with Gasteiger partial charge in [-0.15, -0.1) is 0 Å². The van der Waals surface area contributed by atoms with Crippen LogP contribution in [0.1, 0.15) is 32.7 Å². The van der Waals surface area contributed by atoms with Crippen molar-refractivity contribution in [2.75, 3.05) is 10.6 Å². The van der Waals surface area contributed by atoms with Gasteiger partial charge in [0.1, 0.15) is 5.69 Å². The number of anilines is 3. The number of hydrogen-bond donors (Lipinski definition) is 2. The van der Waals surface area contributed by atoms with Crippen LogP contribution in [0.4, 0.5) is 17.3 Å². The van der Waals surface area contributed by atoms with Gasteiger partial charge in [-0.1, -0.05) is 12.1 Å². The van der Waals surface area contributed by atoms with Crippen molar-refractivity contribution < 1.29 is 4.79 Å². The van der Waals surface area contributed by atoms with Crippen LogP contribution in [0.5, 0.6) is 0 Å². The van der Waals surface area contributed by atoms with E-state index in [1.807, 2.05) is 58.0 Å². The predicted molar refractivity (Wildman–Crippen MR) is 105 cm³/mol. The fraction of sp³-hybridized carbons (Fsp3) is 0.190. The molecule has 1 heterocycles. The maximum atomic E-state index is 12.5. The molecule has 3 aromatic rings.